The smallest absolute Gasteiger partial charge is 0.291 e. The highest BCUT2D eigenvalue weighted by Gasteiger charge is 2.41. The molecule has 0 amide bonds. The van der Waals surface area contributed by atoms with Gasteiger partial charge in [-0.25, -0.2) is 26.9 Å². The summed E-state index contributed by atoms with van der Waals surface area (Å²) >= 11 is 7.14. The van der Waals surface area contributed by atoms with Crippen molar-refractivity contribution in [2.45, 2.75) is 36.6 Å². The lowest BCUT2D eigenvalue weighted by molar-refractivity contribution is 0.123. The van der Waals surface area contributed by atoms with Crippen molar-refractivity contribution in [1.29, 1.82) is 0 Å². The number of rotatable bonds is 6. The molecule has 1 saturated heterocycles. The first-order valence-corrected chi connectivity index (χ1v) is 12.5. The van der Waals surface area contributed by atoms with Gasteiger partial charge in [-0.1, -0.05) is 22.9 Å². The van der Waals surface area contributed by atoms with Crippen molar-refractivity contribution >= 4 is 44.2 Å². The van der Waals surface area contributed by atoms with Crippen molar-refractivity contribution in [2.24, 2.45) is 0 Å². The van der Waals surface area contributed by atoms with Gasteiger partial charge in [0, 0.05) is 24.8 Å². The third-order valence-corrected chi connectivity index (χ3v) is 8.30. The summed E-state index contributed by atoms with van der Waals surface area (Å²) < 4.78 is 62.1. The van der Waals surface area contributed by atoms with E-state index in [9.17, 15) is 17.2 Å². The normalized spacial score (nSPS) is 18.6. The highest BCUT2D eigenvalue weighted by atomic mass is 35.5. The number of anilines is 1. The number of nitrogens with zero attached hydrogens (tertiary/aromatic N) is 5. The first-order valence-electron chi connectivity index (χ1n) is 9.87. The highest BCUT2D eigenvalue weighted by molar-refractivity contribution is 7.89. The van der Waals surface area contributed by atoms with Crippen LogP contribution in [0.4, 0.5) is 14.5 Å². The summed E-state index contributed by atoms with van der Waals surface area (Å²) in [6.45, 7) is 3.88. The van der Waals surface area contributed by atoms with E-state index in [1.165, 1.54) is 10.6 Å². The van der Waals surface area contributed by atoms with E-state index >= 15 is 0 Å². The van der Waals surface area contributed by atoms with Crippen LogP contribution in [0.25, 0.3) is 16.3 Å². The molecule has 5 rings (SSSR count). The Kier molecular flexibility index (Phi) is 5.36. The van der Waals surface area contributed by atoms with Gasteiger partial charge in [-0.05, 0) is 25.8 Å². The van der Waals surface area contributed by atoms with Crippen molar-refractivity contribution < 1.29 is 21.9 Å². The van der Waals surface area contributed by atoms with Crippen LogP contribution in [-0.2, 0) is 14.8 Å². The first kappa shape index (κ1) is 21.9. The van der Waals surface area contributed by atoms with E-state index < -0.39 is 27.0 Å². The summed E-state index contributed by atoms with van der Waals surface area (Å²) in [6, 6.07) is 1.57. The fourth-order valence-electron chi connectivity index (χ4n) is 3.56. The number of nitrogens with one attached hydrogen (secondary N) is 1. The summed E-state index contributed by atoms with van der Waals surface area (Å²) in [5.41, 5.74) is 0.571. The molecule has 0 bridgehead atoms. The number of morpholine rings is 1. The lowest BCUT2D eigenvalue weighted by atomic mass is 10.3. The average molecular weight is 505 g/mol. The van der Waals surface area contributed by atoms with Crippen LogP contribution in [0, 0.1) is 0 Å². The second kappa shape index (κ2) is 7.83. The van der Waals surface area contributed by atoms with Gasteiger partial charge in [0.2, 0.25) is 10.0 Å². The number of imidazole rings is 1. The van der Waals surface area contributed by atoms with Crippen LogP contribution in [-0.4, -0.2) is 59.8 Å². The minimum Gasteiger partial charge on any atom is -0.378 e. The second-order valence-electron chi connectivity index (χ2n) is 8.02. The van der Waals surface area contributed by atoms with Crippen LogP contribution in [0.1, 0.15) is 31.2 Å². The lowest BCUT2D eigenvalue weighted by Crippen LogP contribution is -2.37. The molecule has 0 aromatic carbocycles. The summed E-state index contributed by atoms with van der Waals surface area (Å²) in [4.78, 5) is 6.31. The topological polar surface area (TPSA) is 102 Å². The van der Waals surface area contributed by atoms with Crippen molar-refractivity contribution in [3.63, 3.8) is 0 Å². The van der Waals surface area contributed by atoms with Crippen molar-refractivity contribution in [2.75, 3.05) is 31.2 Å². The molecular formula is C18H19ClF2N6O3S2. The van der Waals surface area contributed by atoms with E-state index in [0.717, 1.165) is 12.8 Å². The lowest BCUT2D eigenvalue weighted by Gasteiger charge is -2.30. The molecule has 3 aromatic rings. The number of hydrogen-bond acceptors (Lipinski definition) is 8. The largest absolute Gasteiger partial charge is 0.378 e. The zero-order valence-electron chi connectivity index (χ0n) is 16.9. The van der Waals surface area contributed by atoms with Gasteiger partial charge in [0.25, 0.3) is 6.43 Å². The molecule has 0 atom stereocenters. The molecule has 2 fully saturated rings. The quantitative estimate of drug-likeness (QED) is 0.550. The summed E-state index contributed by atoms with van der Waals surface area (Å²) in [5, 5.41) is 7.11. The Morgan fingerprint density at radius 1 is 1.28 bits per heavy atom. The van der Waals surface area contributed by atoms with E-state index in [2.05, 4.69) is 19.9 Å². The molecule has 9 nitrogen and oxygen atoms in total. The Labute approximate surface area is 191 Å². The molecule has 0 spiro atoms. The molecule has 1 saturated carbocycles. The van der Waals surface area contributed by atoms with Crippen LogP contribution in [0.15, 0.2) is 17.2 Å². The molecule has 3 aromatic heterocycles. The Bertz CT molecular complexity index is 1290. The third-order valence-electron chi connectivity index (χ3n) is 5.51. The van der Waals surface area contributed by atoms with E-state index in [-0.39, 0.29) is 20.9 Å². The van der Waals surface area contributed by atoms with Gasteiger partial charge in [0.05, 0.1) is 18.9 Å². The van der Waals surface area contributed by atoms with Gasteiger partial charge in [0.15, 0.2) is 21.0 Å². The molecular weight excluding hydrogens is 486 g/mol. The zero-order valence-corrected chi connectivity index (χ0v) is 19.3. The minimum atomic E-state index is -3.86. The molecule has 2 aliphatic rings. The summed E-state index contributed by atoms with van der Waals surface area (Å²) in [6.07, 6.45) is 0.138. The summed E-state index contributed by atoms with van der Waals surface area (Å²) in [5.74, 6) is 0.151. The van der Waals surface area contributed by atoms with Crippen LogP contribution in [0.5, 0.6) is 0 Å². The number of ether oxygens (including phenoxy) is 1. The van der Waals surface area contributed by atoms with Gasteiger partial charge in [-0.3, -0.25) is 4.40 Å². The monoisotopic (exact) mass is 504 g/mol. The average Bonchev–Trinajstić information content (AvgIpc) is 3.15. The third kappa shape index (κ3) is 3.96. The highest BCUT2D eigenvalue weighted by Crippen LogP contribution is 2.39. The van der Waals surface area contributed by atoms with E-state index in [1.54, 1.807) is 6.07 Å². The number of pyridine rings is 1. The molecule has 1 aliphatic carbocycles. The number of aromatic nitrogens is 4. The van der Waals surface area contributed by atoms with Crippen LogP contribution < -0.4 is 9.62 Å². The van der Waals surface area contributed by atoms with Crippen molar-refractivity contribution in [3.8, 4) is 10.8 Å². The maximum atomic E-state index is 13.2. The van der Waals surface area contributed by atoms with E-state index in [1.807, 2.05) is 11.8 Å². The fourth-order valence-corrected chi connectivity index (χ4v) is 5.99. The fraction of sp³-hybridized carbons (Fsp3) is 0.500. The first-order chi connectivity index (χ1) is 15.2. The zero-order chi connectivity index (χ0) is 22.7. The van der Waals surface area contributed by atoms with Crippen molar-refractivity contribution in [3.05, 3.63) is 22.4 Å². The predicted molar refractivity (Wildman–Crippen MR) is 115 cm³/mol. The Morgan fingerprint density at radius 2 is 2.00 bits per heavy atom. The number of hydrogen-bond donors (Lipinski definition) is 1. The number of halogens is 3. The molecule has 1 aliphatic heterocycles. The summed E-state index contributed by atoms with van der Waals surface area (Å²) in [7, 11) is -3.86. The number of sulfonamides is 1. The maximum Gasteiger partial charge on any atom is 0.291 e. The Hall–Kier alpha value is -1.93. The van der Waals surface area contributed by atoms with Crippen molar-refractivity contribution in [1.82, 2.24) is 24.3 Å². The van der Waals surface area contributed by atoms with Gasteiger partial charge >= 0.3 is 0 Å². The van der Waals surface area contributed by atoms with E-state index in [4.69, 9.17) is 16.3 Å². The standard InChI is InChI=1S/C18H19ClF2N6O3S2/c1-18(2-3-18)25-32(28,29)10-8-11(26-4-6-30-7-5-26)12-13(19)22-15(27(12)9-10)17-24-23-16(31-17)14(20)21/h8-9,14,25H,2-7H2,1H3. The SMILES string of the molecule is CC1(NS(=O)(=O)c2cc(N3CCOCC3)c3c(Cl)nc(-c4nnc(C(F)F)s4)n3c2)CC1. The second-order valence-corrected chi connectivity index (χ2v) is 11.1. The van der Waals surface area contributed by atoms with Gasteiger partial charge in [0.1, 0.15) is 10.4 Å². The molecule has 0 radical (unpaired) electrons. The molecule has 4 heterocycles. The van der Waals surface area contributed by atoms with Gasteiger partial charge in [-0.2, -0.15) is 0 Å². The Balaban J connectivity index is 1.70. The van der Waals surface area contributed by atoms with Crippen LogP contribution in [0.3, 0.4) is 0 Å². The number of fused-ring (bicyclic) bond motifs is 1. The Morgan fingerprint density at radius 3 is 2.62 bits per heavy atom. The molecule has 32 heavy (non-hydrogen) atoms. The van der Waals surface area contributed by atoms with Gasteiger partial charge < -0.3 is 9.64 Å². The van der Waals surface area contributed by atoms with E-state index in [0.29, 0.717) is 48.8 Å². The predicted octanol–water partition coefficient (Wildman–Crippen LogP) is 3.11. The molecule has 14 heteroatoms. The molecule has 1 N–H and O–H groups in total. The molecule has 0 unspecified atom stereocenters. The minimum absolute atomic E-state index is 0.0218. The van der Waals surface area contributed by atoms with Crippen LogP contribution >= 0.6 is 22.9 Å². The number of alkyl halides is 2. The van der Waals surface area contributed by atoms with Gasteiger partial charge in [-0.15, -0.1) is 10.2 Å². The maximum absolute atomic E-state index is 13.2. The van der Waals surface area contributed by atoms with Crippen LogP contribution in [0.2, 0.25) is 5.15 Å². The molecule has 172 valence electrons.